The Morgan fingerprint density at radius 1 is 1.28 bits per heavy atom. The largest absolute Gasteiger partial charge is 0.392 e. The van der Waals surface area contributed by atoms with Crippen molar-refractivity contribution in [3.8, 4) is 0 Å². The van der Waals surface area contributed by atoms with Gasteiger partial charge in [0.1, 0.15) is 11.6 Å². The summed E-state index contributed by atoms with van der Waals surface area (Å²) >= 11 is 0. The van der Waals surface area contributed by atoms with Gasteiger partial charge in [-0.1, -0.05) is 26.3 Å². The Labute approximate surface area is 107 Å². The van der Waals surface area contributed by atoms with E-state index >= 15 is 0 Å². The Bertz CT molecular complexity index is 371. The maximum absolute atomic E-state index is 13.6. The molecule has 0 saturated heterocycles. The fourth-order valence-corrected chi connectivity index (χ4v) is 1.97. The lowest BCUT2D eigenvalue weighted by Gasteiger charge is -2.20. The minimum absolute atomic E-state index is 0.197. The molecule has 0 amide bonds. The molecule has 0 aliphatic heterocycles. The zero-order valence-corrected chi connectivity index (χ0v) is 10.9. The highest BCUT2D eigenvalue weighted by Crippen LogP contribution is 2.20. The van der Waals surface area contributed by atoms with Crippen molar-refractivity contribution >= 4 is 0 Å². The highest BCUT2D eigenvalue weighted by Gasteiger charge is 2.15. The van der Waals surface area contributed by atoms with Crippen LogP contribution >= 0.6 is 0 Å². The average molecular weight is 257 g/mol. The van der Waals surface area contributed by atoms with Crippen molar-refractivity contribution in [2.75, 3.05) is 6.54 Å². The van der Waals surface area contributed by atoms with E-state index in [1.807, 2.05) is 13.8 Å². The van der Waals surface area contributed by atoms with Crippen molar-refractivity contribution in [3.63, 3.8) is 0 Å². The zero-order valence-electron chi connectivity index (χ0n) is 10.9. The minimum atomic E-state index is -0.572. The van der Waals surface area contributed by atoms with Gasteiger partial charge in [0.2, 0.25) is 0 Å². The van der Waals surface area contributed by atoms with Crippen LogP contribution in [0.1, 0.15) is 44.7 Å². The summed E-state index contributed by atoms with van der Waals surface area (Å²) in [7, 11) is 0. The van der Waals surface area contributed by atoms with Gasteiger partial charge in [0.05, 0.1) is 6.10 Å². The molecule has 0 bridgehead atoms. The Kier molecular flexibility index (Phi) is 6.22. The lowest BCUT2D eigenvalue weighted by atomic mass is 10.0. The number of halogens is 2. The summed E-state index contributed by atoms with van der Waals surface area (Å²) in [4.78, 5) is 0. The van der Waals surface area contributed by atoms with Crippen molar-refractivity contribution in [3.05, 3.63) is 35.4 Å². The fraction of sp³-hybridized carbons (Fsp3) is 0.571. The van der Waals surface area contributed by atoms with Crippen LogP contribution < -0.4 is 5.32 Å². The van der Waals surface area contributed by atoms with Gasteiger partial charge in [-0.3, -0.25) is 0 Å². The van der Waals surface area contributed by atoms with E-state index in [-0.39, 0.29) is 6.04 Å². The van der Waals surface area contributed by atoms with E-state index in [9.17, 15) is 13.9 Å². The minimum Gasteiger partial charge on any atom is -0.392 e. The SMILES string of the molecule is CCCC(O)CNC(CC)c1ccc(F)cc1F. The molecule has 1 aromatic rings. The molecule has 0 radical (unpaired) electrons. The van der Waals surface area contributed by atoms with Crippen LogP contribution in [0.5, 0.6) is 0 Å². The summed E-state index contributed by atoms with van der Waals surface area (Å²) in [5, 5.41) is 12.8. The van der Waals surface area contributed by atoms with Crippen LogP contribution in [0, 0.1) is 11.6 Å². The highest BCUT2D eigenvalue weighted by atomic mass is 19.1. The predicted molar refractivity (Wildman–Crippen MR) is 68.3 cm³/mol. The van der Waals surface area contributed by atoms with Gasteiger partial charge in [-0.25, -0.2) is 8.78 Å². The van der Waals surface area contributed by atoms with Gasteiger partial charge in [-0.05, 0) is 18.9 Å². The van der Waals surface area contributed by atoms with Crippen LogP contribution in [0.25, 0.3) is 0 Å². The summed E-state index contributed by atoms with van der Waals surface area (Å²) in [6.45, 7) is 4.34. The lowest BCUT2D eigenvalue weighted by Crippen LogP contribution is -2.30. The third-order valence-electron chi connectivity index (χ3n) is 2.97. The maximum atomic E-state index is 13.6. The molecule has 2 nitrogen and oxygen atoms in total. The van der Waals surface area contributed by atoms with Crippen molar-refractivity contribution in [2.45, 2.75) is 45.3 Å². The number of benzene rings is 1. The zero-order chi connectivity index (χ0) is 13.5. The van der Waals surface area contributed by atoms with Crippen molar-refractivity contribution in [2.24, 2.45) is 0 Å². The monoisotopic (exact) mass is 257 g/mol. The first kappa shape index (κ1) is 15.1. The molecule has 1 aromatic carbocycles. The molecule has 0 saturated carbocycles. The smallest absolute Gasteiger partial charge is 0.130 e. The Balaban J connectivity index is 2.65. The summed E-state index contributed by atoms with van der Waals surface area (Å²) < 4.78 is 26.4. The molecule has 0 spiro atoms. The molecule has 18 heavy (non-hydrogen) atoms. The Morgan fingerprint density at radius 2 is 2.00 bits per heavy atom. The Morgan fingerprint density at radius 3 is 2.56 bits per heavy atom. The number of aliphatic hydroxyl groups is 1. The van der Waals surface area contributed by atoms with Gasteiger partial charge in [0.25, 0.3) is 0 Å². The number of hydrogen-bond donors (Lipinski definition) is 2. The van der Waals surface area contributed by atoms with Crippen LogP contribution in [0.4, 0.5) is 8.78 Å². The third-order valence-corrected chi connectivity index (χ3v) is 2.97. The Hall–Kier alpha value is -1.00. The highest BCUT2D eigenvalue weighted by molar-refractivity contribution is 5.22. The topological polar surface area (TPSA) is 32.3 Å². The summed E-state index contributed by atoms with van der Waals surface area (Å²) in [5.41, 5.74) is 0.447. The third kappa shape index (κ3) is 4.35. The average Bonchev–Trinajstić information content (AvgIpc) is 2.32. The van der Waals surface area contributed by atoms with E-state index in [0.717, 1.165) is 18.9 Å². The molecule has 0 aliphatic rings. The normalized spacial score (nSPS) is 14.5. The predicted octanol–water partition coefficient (Wildman–Crippen LogP) is 3.17. The molecule has 2 unspecified atom stereocenters. The van der Waals surface area contributed by atoms with Crippen LogP contribution in [-0.4, -0.2) is 17.8 Å². The second kappa shape index (κ2) is 7.44. The van der Waals surface area contributed by atoms with E-state index in [4.69, 9.17) is 0 Å². The number of rotatable bonds is 7. The van der Waals surface area contributed by atoms with Crippen molar-refractivity contribution < 1.29 is 13.9 Å². The van der Waals surface area contributed by atoms with E-state index in [0.29, 0.717) is 18.5 Å². The molecule has 0 aromatic heterocycles. The molecule has 0 heterocycles. The fourth-order valence-electron chi connectivity index (χ4n) is 1.97. The summed E-state index contributed by atoms with van der Waals surface area (Å²) in [6.07, 6.45) is 1.88. The molecule has 2 N–H and O–H groups in total. The maximum Gasteiger partial charge on any atom is 0.130 e. The number of nitrogens with one attached hydrogen (secondary N) is 1. The van der Waals surface area contributed by atoms with Gasteiger partial charge >= 0.3 is 0 Å². The first-order valence-corrected chi connectivity index (χ1v) is 6.44. The molecule has 0 fully saturated rings. The standard InChI is InChI=1S/C14H21F2NO/c1-3-5-11(18)9-17-14(4-2)12-7-6-10(15)8-13(12)16/h6-8,11,14,17-18H,3-5,9H2,1-2H3. The second-order valence-electron chi connectivity index (χ2n) is 4.48. The number of aliphatic hydroxyl groups excluding tert-OH is 1. The quantitative estimate of drug-likeness (QED) is 0.786. The van der Waals surface area contributed by atoms with Gasteiger partial charge in [-0.2, -0.15) is 0 Å². The van der Waals surface area contributed by atoms with Crippen molar-refractivity contribution in [1.29, 1.82) is 0 Å². The molecule has 2 atom stereocenters. The first-order valence-electron chi connectivity index (χ1n) is 6.44. The first-order chi connectivity index (χ1) is 8.58. The van der Waals surface area contributed by atoms with Crippen LogP contribution in [0.3, 0.4) is 0 Å². The van der Waals surface area contributed by atoms with E-state index in [1.54, 1.807) is 0 Å². The molecular formula is C14H21F2NO. The molecule has 102 valence electrons. The van der Waals surface area contributed by atoms with Crippen LogP contribution in [-0.2, 0) is 0 Å². The van der Waals surface area contributed by atoms with Gasteiger partial charge in [-0.15, -0.1) is 0 Å². The molecule has 1 rings (SSSR count). The van der Waals surface area contributed by atoms with Crippen LogP contribution in [0.2, 0.25) is 0 Å². The van der Waals surface area contributed by atoms with Gasteiger partial charge in [0, 0.05) is 24.2 Å². The van der Waals surface area contributed by atoms with E-state index < -0.39 is 17.7 Å². The summed E-state index contributed by atoms with van der Waals surface area (Å²) in [6, 6.07) is 3.41. The molecule has 4 heteroatoms. The van der Waals surface area contributed by atoms with Crippen LogP contribution in [0.15, 0.2) is 18.2 Å². The van der Waals surface area contributed by atoms with E-state index in [2.05, 4.69) is 5.32 Å². The van der Waals surface area contributed by atoms with Gasteiger partial charge < -0.3 is 10.4 Å². The lowest BCUT2D eigenvalue weighted by molar-refractivity contribution is 0.155. The second-order valence-corrected chi connectivity index (χ2v) is 4.48. The summed E-state index contributed by atoms with van der Waals surface area (Å²) in [5.74, 6) is -1.11. The molecule has 0 aliphatic carbocycles. The van der Waals surface area contributed by atoms with E-state index in [1.165, 1.54) is 12.1 Å². The number of hydrogen-bond acceptors (Lipinski definition) is 2. The van der Waals surface area contributed by atoms with Crippen molar-refractivity contribution in [1.82, 2.24) is 5.32 Å². The van der Waals surface area contributed by atoms with Gasteiger partial charge in [0.15, 0.2) is 0 Å². The molecular weight excluding hydrogens is 236 g/mol.